The van der Waals surface area contributed by atoms with Gasteiger partial charge in [0.15, 0.2) is 0 Å². The summed E-state index contributed by atoms with van der Waals surface area (Å²) < 4.78 is 8.18. The SMILES string of the molecule is Cc1[nH]c(=O)[nH]c(=O)c1CCC(=O)N1CCC2(CC1)CC(n1cc(C3(O)CCCCC3)nn1)CCO2. The highest BCUT2D eigenvalue weighted by molar-refractivity contribution is 5.76. The molecule has 5 rings (SSSR count). The fourth-order valence-electron chi connectivity index (χ4n) is 6.12. The molecule has 2 aromatic rings. The smallest absolute Gasteiger partial charge is 0.325 e. The van der Waals surface area contributed by atoms with Crippen molar-refractivity contribution in [2.75, 3.05) is 19.7 Å². The highest BCUT2D eigenvalue weighted by Crippen LogP contribution is 2.41. The molecule has 36 heavy (non-hydrogen) atoms. The van der Waals surface area contributed by atoms with Gasteiger partial charge in [0.2, 0.25) is 5.91 Å². The summed E-state index contributed by atoms with van der Waals surface area (Å²) in [6.07, 6.45) is 10.2. The number of aromatic nitrogens is 5. The zero-order valence-electron chi connectivity index (χ0n) is 20.9. The largest absolute Gasteiger partial charge is 0.383 e. The van der Waals surface area contributed by atoms with E-state index < -0.39 is 16.9 Å². The molecular formula is C25H36N6O5. The Morgan fingerprint density at radius 3 is 2.64 bits per heavy atom. The molecule has 3 N–H and O–H groups in total. The van der Waals surface area contributed by atoms with Crippen LogP contribution in [0, 0.1) is 6.92 Å². The number of aliphatic hydroxyl groups is 1. The lowest BCUT2D eigenvalue weighted by Crippen LogP contribution is -2.51. The second-order valence-electron chi connectivity index (χ2n) is 10.7. The van der Waals surface area contributed by atoms with E-state index in [9.17, 15) is 19.5 Å². The predicted molar refractivity (Wildman–Crippen MR) is 131 cm³/mol. The van der Waals surface area contributed by atoms with Crippen LogP contribution in [0.5, 0.6) is 0 Å². The number of H-pyrrole nitrogens is 2. The van der Waals surface area contributed by atoms with Gasteiger partial charge in [-0.05, 0) is 51.9 Å². The highest BCUT2D eigenvalue weighted by atomic mass is 16.5. The molecule has 1 aliphatic carbocycles. The first-order valence-corrected chi connectivity index (χ1v) is 13.2. The van der Waals surface area contributed by atoms with Crippen molar-refractivity contribution >= 4 is 5.91 Å². The Morgan fingerprint density at radius 2 is 1.92 bits per heavy atom. The van der Waals surface area contributed by atoms with E-state index in [0.29, 0.717) is 36.6 Å². The molecule has 11 heteroatoms. The minimum Gasteiger partial charge on any atom is -0.383 e. The van der Waals surface area contributed by atoms with Crippen molar-refractivity contribution in [1.82, 2.24) is 29.9 Å². The lowest BCUT2D eigenvalue weighted by atomic mass is 9.82. The van der Waals surface area contributed by atoms with Gasteiger partial charge < -0.3 is 19.7 Å². The van der Waals surface area contributed by atoms with Crippen molar-refractivity contribution < 1.29 is 14.6 Å². The molecule has 11 nitrogen and oxygen atoms in total. The van der Waals surface area contributed by atoms with E-state index in [1.807, 2.05) is 15.8 Å². The molecule has 1 amide bonds. The van der Waals surface area contributed by atoms with Crippen LogP contribution < -0.4 is 11.2 Å². The second-order valence-corrected chi connectivity index (χ2v) is 10.7. The molecule has 3 fully saturated rings. The summed E-state index contributed by atoms with van der Waals surface area (Å²) >= 11 is 0. The lowest BCUT2D eigenvalue weighted by molar-refractivity contribution is -0.146. The van der Waals surface area contributed by atoms with Gasteiger partial charge in [-0.15, -0.1) is 5.10 Å². The number of nitrogens with zero attached hydrogens (tertiary/aromatic N) is 4. The number of hydrogen-bond donors (Lipinski definition) is 3. The fourth-order valence-corrected chi connectivity index (χ4v) is 6.12. The number of carbonyl (C=O) groups is 1. The molecule has 1 unspecified atom stereocenters. The molecule has 2 aliphatic heterocycles. The van der Waals surface area contributed by atoms with Crippen LogP contribution in [0.1, 0.15) is 87.2 Å². The normalized spacial score (nSPS) is 23.6. The lowest BCUT2D eigenvalue weighted by Gasteiger charge is -2.46. The van der Waals surface area contributed by atoms with E-state index in [4.69, 9.17) is 4.74 Å². The second kappa shape index (κ2) is 9.93. The Labute approximate surface area is 209 Å². The Hall–Kier alpha value is -2.79. The molecule has 196 valence electrons. The van der Waals surface area contributed by atoms with E-state index >= 15 is 0 Å². The van der Waals surface area contributed by atoms with Crippen LogP contribution in [0.4, 0.5) is 0 Å². The standard InChI is InChI=1S/C25H36N6O5/c1-17-19(22(33)27-23(34)26-17)5-6-21(32)30-12-10-24(11-13-30)15-18(7-14-36-24)31-16-20(28-29-31)25(35)8-3-2-4-9-25/h16,18,35H,2-15H2,1H3,(H2,26,27,33,34). The Balaban J connectivity index is 1.17. The number of rotatable bonds is 5. The van der Waals surface area contributed by atoms with Gasteiger partial charge in [-0.25, -0.2) is 9.48 Å². The van der Waals surface area contributed by atoms with Crippen LogP contribution >= 0.6 is 0 Å². The minimum absolute atomic E-state index is 0.00357. The van der Waals surface area contributed by atoms with Crippen molar-refractivity contribution in [1.29, 1.82) is 0 Å². The summed E-state index contributed by atoms with van der Waals surface area (Å²) in [5, 5.41) is 19.8. The van der Waals surface area contributed by atoms with Crippen molar-refractivity contribution in [3.05, 3.63) is 44.0 Å². The maximum absolute atomic E-state index is 12.9. The average molecular weight is 501 g/mol. The number of aromatic amines is 2. The maximum atomic E-state index is 12.9. The van der Waals surface area contributed by atoms with Crippen LogP contribution in [0.15, 0.2) is 15.8 Å². The van der Waals surface area contributed by atoms with Gasteiger partial charge in [-0.2, -0.15) is 0 Å². The van der Waals surface area contributed by atoms with E-state index in [0.717, 1.165) is 57.8 Å². The number of likely N-dealkylation sites (tertiary alicyclic amines) is 1. The number of piperidine rings is 1. The van der Waals surface area contributed by atoms with Gasteiger partial charge in [0, 0.05) is 37.4 Å². The zero-order chi connectivity index (χ0) is 25.3. The third kappa shape index (κ3) is 5.04. The molecular weight excluding hydrogens is 464 g/mol. The van der Waals surface area contributed by atoms with Gasteiger partial charge in [0.05, 0.1) is 17.8 Å². The van der Waals surface area contributed by atoms with Crippen LogP contribution in [0.3, 0.4) is 0 Å². The summed E-state index contributed by atoms with van der Waals surface area (Å²) in [4.78, 5) is 43.0. The quantitative estimate of drug-likeness (QED) is 0.563. The number of nitrogens with one attached hydrogen (secondary N) is 2. The molecule has 2 saturated heterocycles. The third-order valence-corrected chi connectivity index (χ3v) is 8.38. The summed E-state index contributed by atoms with van der Waals surface area (Å²) in [5.74, 6) is 0.00357. The van der Waals surface area contributed by atoms with Crippen LogP contribution in [-0.2, 0) is 21.6 Å². The molecule has 1 saturated carbocycles. The minimum atomic E-state index is -0.858. The average Bonchev–Trinajstić information content (AvgIpc) is 3.36. The summed E-state index contributed by atoms with van der Waals surface area (Å²) in [7, 11) is 0. The van der Waals surface area contributed by atoms with Crippen molar-refractivity contribution in [2.45, 2.75) is 94.8 Å². The van der Waals surface area contributed by atoms with Crippen LogP contribution in [0.2, 0.25) is 0 Å². The van der Waals surface area contributed by atoms with Gasteiger partial charge in [-0.3, -0.25) is 14.6 Å². The van der Waals surface area contributed by atoms with E-state index in [2.05, 4.69) is 20.3 Å². The molecule has 4 heterocycles. The number of aryl methyl sites for hydroxylation is 1. The summed E-state index contributed by atoms with van der Waals surface area (Å²) in [6.45, 7) is 3.52. The van der Waals surface area contributed by atoms with E-state index in [1.54, 1.807) is 6.92 Å². The molecule has 3 aliphatic rings. The first-order valence-electron chi connectivity index (χ1n) is 13.2. The topological polar surface area (TPSA) is 146 Å². The Kier molecular flexibility index (Phi) is 6.86. The van der Waals surface area contributed by atoms with Crippen molar-refractivity contribution in [3.8, 4) is 0 Å². The number of ether oxygens (including phenoxy) is 1. The predicted octanol–water partition coefficient (Wildman–Crippen LogP) is 1.46. The summed E-state index contributed by atoms with van der Waals surface area (Å²) in [6, 6.07) is 0.157. The first-order chi connectivity index (χ1) is 17.3. The first kappa shape index (κ1) is 24.9. The molecule has 2 aromatic heterocycles. The molecule has 0 radical (unpaired) electrons. The molecule has 1 spiro atoms. The Morgan fingerprint density at radius 1 is 1.17 bits per heavy atom. The number of amides is 1. The number of hydrogen-bond acceptors (Lipinski definition) is 7. The maximum Gasteiger partial charge on any atom is 0.325 e. The highest BCUT2D eigenvalue weighted by Gasteiger charge is 2.42. The van der Waals surface area contributed by atoms with Crippen LogP contribution in [-0.4, -0.2) is 66.2 Å². The third-order valence-electron chi connectivity index (χ3n) is 8.38. The fraction of sp³-hybridized carbons (Fsp3) is 0.720. The van der Waals surface area contributed by atoms with Crippen molar-refractivity contribution in [2.24, 2.45) is 0 Å². The van der Waals surface area contributed by atoms with Gasteiger partial charge in [-0.1, -0.05) is 24.5 Å². The van der Waals surface area contributed by atoms with Crippen LogP contribution in [0.25, 0.3) is 0 Å². The zero-order valence-corrected chi connectivity index (χ0v) is 20.9. The Bertz CT molecular complexity index is 1200. The van der Waals surface area contributed by atoms with Gasteiger partial charge in [0.25, 0.3) is 5.56 Å². The summed E-state index contributed by atoms with van der Waals surface area (Å²) in [5.41, 5.74) is -0.492. The van der Waals surface area contributed by atoms with Crippen molar-refractivity contribution in [3.63, 3.8) is 0 Å². The molecule has 1 atom stereocenters. The van der Waals surface area contributed by atoms with E-state index in [-0.39, 0.29) is 30.4 Å². The van der Waals surface area contributed by atoms with Gasteiger partial charge in [0.1, 0.15) is 11.3 Å². The molecule has 0 bridgehead atoms. The van der Waals surface area contributed by atoms with E-state index in [1.165, 1.54) is 0 Å². The van der Waals surface area contributed by atoms with Gasteiger partial charge >= 0.3 is 5.69 Å². The molecule has 0 aromatic carbocycles. The monoisotopic (exact) mass is 500 g/mol. The number of carbonyl (C=O) groups excluding carboxylic acids is 1.